The quantitative estimate of drug-likeness (QED) is 0.613. The van der Waals surface area contributed by atoms with Crippen molar-refractivity contribution in [3.63, 3.8) is 0 Å². The second-order valence-electron chi connectivity index (χ2n) is 4.40. The molecule has 2 aromatic rings. The maximum absolute atomic E-state index is 11.0. The van der Waals surface area contributed by atoms with Gasteiger partial charge in [0.05, 0.1) is 4.92 Å². The fourth-order valence-corrected chi connectivity index (χ4v) is 3.33. The summed E-state index contributed by atoms with van der Waals surface area (Å²) < 4.78 is 1.83. The average Bonchev–Trinajstić information content (AvgIpc) is 2.37. The summed E-state index contributed by atoms with van der Waals surface area (Å²) in [5.41, 5.74) is 7.84. The Bertz CT molecular complexity index is 627. The molecule has 2 aromatic carbocycles. The lowest BCUT2D eigenvalue weighted by molar-refractivity contribution is -0.385. The predicted molar refractivity (Wildman–Crippen MR) is 85.6 cm³/mol. The summed E-state index contributed by atoms with van der Waals surface area (Å²) in [4.78, 5) is 10.6. The van der Waals surface area contributed by atoms with Gasteiger partial charge in [-0.25, -0.2) is 0 Å². The highest BCUT2D eigenvalue weighted by molar-refractivity contribution is 9.11. The standard InChI is InChI=1S/C14H12Br2N2O2/c15-11-5-10(6-12(16)8-11)13(17)7-9-3-1-2-4-14(9)18(19)20/h1-6,8,13H,7,17H2. The minimum atomic E-state index is -0.376. The molecule has 1 unspecified atom stereocenters. The molecule has 4 nitrogen and oxygen atoms in total. The lowest BCUT2D eigenvalue weighted by atomic mass is 9.99. The smallest absolute Gasteiger partial charge is 0.272 e. The van der Waals surface area contributed by atoms with E-state index in [2.05, 4.69) is 31.9 Å². The van der Waals surface area contributed by atoms with Crippen LogP contribution in [0.3, 0.4) is 0 Å². The Balaban J connectivity index is 2.28. The van der Waals surface area contributed by atoms with Crippen molar-refractivity contribution in [2.45, 2.75) is 12.5 Å². The van der Waals surface area contributed by atoms with Gasteiger partial charge in [0.1, 0.15) is 0 Å². The highest BCUT2D eigenvalue weighted by Gasteiger charge is 2.16. The second kappa shape index (κ2) is 6.47. The van der Waals surface area contributed by atoms with Crippen molar-refractivity contribution < 1.29 is 4.92 Å². The van der Waals surface area contributed by atoms with Gasteiger partial charge in [0.15, 0.2) is 0 Å². The Hall–Kier alpha value is -1.24. The largest absolute Gasteiger partial charge is 0.324 e. The molecule has 0 saturated carbocycles. The second-order valence-corrected chi connectivity index (χ2v) is 6.23. The molecular formula is C14H12Br2N2O2. The van der Waals surface area contributed by atoms with Crippen LogP contribution in [0.5, 0.6) is 0 Å². The molecule has 2 rings (SSSR count). The van der Waals surface area contributed by atoms with E-state index in [-0.39, 0.29) is 16.7 Å². The maximum atomic E-state index is 11.0. The van der Waals surface area contributed by atoms with E-state index in [9.17, 15) is 10.1 Å². The molecule has 0 aliphatic heterocycles. The Morgan fingerprint density at radius 1 is 1.15 bits per heavy atom. The van der Waals surface area contributed by atoms with Crippen molar-refractivity contribution in [3.05, 3.63) is 72.7 Å². The number of halogens is 2. The number of hydrogen-bond donors (Lipinski definition) is 1. The minimum Gasteiger partial charge on any atom is -0.324 e. The van der Waals surface area contributed by atoms with Gasteiger partial charge in [0.2, 0.25) is 0 Å². The number of para-hydroxylation sites is 1. The number of benzene rings is 2. The Labute approximate surface area is 133 Å². The van der Waals surface area contributed by atoms with E-state index in [0.29, 0.717) is 12.0 Å². The van der Waals surface area contributed by atoms with Crippen molar-refractivity contribution >= 4 is 37.5 Å². The van der Waals surface area contributed by atoms with Gasteiger partial charge < -0.3 is 5.73 Å². The van der Waals surface area contributed by atoms with E-state index in [0.717, 1.165) is 14.5 Å². The highest BCUT2D eigenvalue weighted by Crippen LogP contribution is 2.27. The highest BCUT2D eigenvalue weighted by atomic mass is 79.9. The van der Waals surface area contributed by atoms with Crippen molar-refractivity contribution in [1.29, 1.82) is 0 Å². The molecule has 0 aliphatic rings. The molecule has 0 amide bonds. The topological polar surface area (TPSA) is 69.2 Å². The summed E-state index contributed by atoms with van der Waals surface area (Å²) in [6, 6.07) is 12.1. The van der Waals surface area contributed by atoms with E-state index < -0.39 is 0 Å². The van der Waals surface area contributed by atoms with Crippen molar-refractivity contribution in [2.24, 2.45) is 5.73 Å². The summed E-state index contributed by atoms with van der Waals surface area (Å²) >= 11 is 6.82. The molecule has 20 heavy (non-hydrogen) atoms. The first-order chi connectivity index (χ1) is 9.47. The van der Waals surface area contributed by atoms with Gasteiger partial charge in [-0.15, -0.1) is 0 Å². The molecule has 6 heteroatoms. The van der Waals surface area contributed by atoms with Crippen molar-refractivity contribution in [3.8, 4) is 0 Å². The summed E-state index contributed by atoms with van der Waals surface area (Å²) in [6.45, 7) is 0. The molecule has 0 aromatic heterocycles. The third-order valence-electron chi connectivity index (χ3n) is 2.94. The van der Waals surface area contributed by atoms with Crippen LogP contribution in [-0.2, 0) is 6.42 Å². The van der Waals surface area contributed by atoms with Gasteiger partial charge in [-0.1, -0.05) is 50.1 Å². The molecule has 0 fully saturated rings. The number of nitrogens with two attached hydrogens (primary N) is 1. The monoisotopic (exact) mass is 398 g/mol. The fourth-order valence-electron chi connectivity index (χ4n) is 2.01. The average molecular weight is 400 g/mol. The van der Waals surface area contributed by atoms with Crippen LogP contribution >= 0.6 is 31.9 Å². The first-order valence-electron chi connectivity index (χ1n) is 5.91. The van der Waals surface area contributed by atoms with Crippen LogP contribution in [0.4, 0.5) is 5.69 Å². The van der Waals surface area contributed by atoms with Crippen LogP contribution in [-0.4, -0.2) is 4.92 Å². The van der Waals surface area contributed by atoms with Gasteiger partial charge >= 0.3 is 0 Å². The summed E-state index contributed by atoms with van der Waals surface area (Å²) in [7, 11) is 0. The predicted octanol–water partition coefficient (Wildman–Crippen LogP) is 4.36. The molecule has 0 radical (unpaired) electrons. The number of rotatable bonds is 4. The van der Waals surface area contributed by atoms with Gasteiger partial charge in [0.25, 0.3) is 5.69 Å². The zero-order valence-corrected chi connectivity index (χ0v) is 13.6. The number of nitro groups is 1. The lowest BCUT2D eigenvalue weighted by Gasteiger charge is -2.13. The van der Waals surface area contributed by atoms with Crippen LogP contribution in [0.1, 0.15) is 17.2 Å². The van der Waals surface area contributed by atoms with E-state index in [1.54, 1.807) is 18.2 Å². The molecule has 0 bridgehead atoms. The molecular weight excluding hydrogens is 388 g/mol. The van der Waals surface area contributed by atoms with Crippen molar-refractivity contribution in [1.82, 2.24) is 0 Å². The minimum absolute atomic E-state index is 0.108. The van der Waals surface area contributed by atoms with Crippen LogP contribution in [0.2, 0.25) is 0 Å². The number of nitro benzene ring substituents is 1. The van der Waals surface area contributed by atoms with E-state index in [4.69, 9.17) is 5.73 Å². The SMILES string of the molecule is NC(Cc1ccccc1[N+](=O)[O-])c1cc(Br)cc(Br)c1. The molecule has 0 saturated heterocycles. The summed E-state index contributed by atoms with van der Waals surface area (Å²) in [5, 5.41) is 11.0. The Morgan fingerprint density at radius 2 is 1.75 bits per heavy atom. The van der Waals surface area contributed by atoms with E-state index >= 15 is 0 Å². The van der Waals surface area contributed by atoms with Crippen LogP contribution in [0.25, 0.3) is 0 Å². The van der Waals surface area contributed by atoms with Crippen LogP contribution < -0.4 is 5.73 Å². The number of hydrogen-bond acceptors (Lipinski definition) is 3. The van der Waals surface area contributed by atoms with Crippen LogP contribution in [0, 0.1) is 10.1 Å². The normalized spacial score (nSPS) is 12.2. The van der Waals surface area contributed by atoms with Crippen LogP contribution in [0.15, 0.2) is 51.4 Å². The Morgan fingerprint density at radius 3 is 2.35 bits per heavy atom. The first kappa shape index (κ1) is 15.2. The molecule has 104 valence electrons. The lowest BCUT2D eigenvalue weighted by Crippen LogP contribution is -2.14. The molecule has 0 spiro atoms. The third kappa shape index (κ3) is 3.65. The molecule has 0 aliphatic carbocycles. The van der Waals surface area contributed by atoms with E-state index in [1.807, 2.05) is 18.2 Å². The molecule has 2 N–H and O–H groups in total. The van der Waals surface area contributed by atoms with Gasteiger partial charge in [-0.2, -0.15) is 0 Å². The zero-order valence-electron chi connectivity index (χ0n) is 10.4. The molecule has 0 heterocycles. The zero-order chi connectivity index (χ0) is 14.7. The first-order valence-corrected chi connectivity index (χ1v) is 7.50. The molecule has 1 atom stereocenters. The van der Waals surface area contributed by atoms with Gasteiger partial charge in [0, 0.05) is 26.6 Å². The maximum Gasteiger partial charge on any atom is 0.272 e. The Kier molecular flexibility index (Phi) is 4.91. The summed E-state index contributed by atoms with van der Waals surface area (Å²) in [6.07, 6.45) is 0.417. The van der Waals surface area contributed by atoms with Gasteiger partial charge in [-0.3, -0.25) is 10.1 Å². The summed E-state index contributed by atoms with van der Waals surface area (Å²) in [5.74, 6) is 0. The van der Waals surface area contributed by atoms with Crippen molar-refractivity contribution in [2.75, 3.05) is 0 Å². The fraction of sp³-hybridized carbons (Fsp3) is 0.143. The number of nitrogens with zero attached hydrogens (tertiary/aromatic N) is 1. The van der Waals surface area contributed by atoms with E-state index in [1.165, 1.54) is 6.07 Å². The third-order valence-corrected chi connectivity index (χ3v) is 3.86. The van der Waals surface area contributed by atoms with Gasteiger partial charge in [-0.05, 0) is 30.2 Å².